The number of pyridine rings is 1. The van der Waals surface area contributed by atoms with E-state index in [1.807, 2.05) is 13.8 Å². The highest BCUT2D eigenvalue weighted by molar-refractivity contribution is 5.97. The van der Waals surface area contributed by atoms with Gasteiger partial charge >= 0.3 is 5.97 Å². The molecule has 0 radical (unpaired) electrons. The van der Waals surface area contributed by atoms with Crippen molar-refractivity contribution in [3.8, 4) is 5.88 Å². The fourth-order valence-corrected chi connectivity index (χ4v) is 3.11. The van der Waals surface area contributed by atoms with Gasteiger partial charge in [0.05, 0.1) is 6.10 Å². The van der Waals surface area contributed by atoms with Gasteiger partial charge in [0.25, 0.3) is 5.91 Å². The lowest BCUT2D eigenvalue weighted by Crippen LogP contribution is -2.56. The highest BCUT2D eigenvalue weighted by Crippen LogP contribution is 2.34. The van der Waals surface area contributed by atoms with Gasteiger partial charge in [-0.05, 0) is 32.3 Å². The fourth-order valence-electron chi connectivity index (χ4n) is 3.11. The molecule has 1 heterocycles. The van der Waals surface area contributed by atoms with Crippen molar-refractivity contribution in [2.45, 2.75) is 64.0 Å². The van der Waals surface area contributed by atoms with Crippen molar-refractivity contribution in [1.29, 1.82) is 0 Å². The summed E-state index contributed by atoms with van der Waals surface area (Å²) in [6, 6.07) is 3.18. The van der Waals surface area contributed by atoms with Crippen molar-refractivity contribution in [1.82, 2.24) is 9.88 Å². The van der Waals surface area contributed by atoms with Crippen molar-refractivity contribution < 1.29 is 19.4 Å². The SMILES string of the molecule is CCC(C)Oc1cc(C(=O)N(C)C2(C(=O)O)CCCCC2)ccn1. The molecule has 6 nitrogen and oxygen atoms in total. The molecule has 0 saturated heterocycles. The van der Waals surface area contributed by atoms with E-state index in [-0.39, 0.29) is 12.0 Å². The third-order valence-corrected chi connectivity index (χ3v) is 4.90. The Hall–Kier alpha value is -2.11. The molecule has 1 unspecified atom stereocenters. The summed E-state index contributed by atoms with van der Waals surface area (Å²) in [6.45, 7) is 3.94. The van der Waals surface area contributed by atoms with Crippen LogP contribution in [0.1, 0.15) is 62.7 Å². The Kier molecular flexibility index (Phi) is 5.80. The van der Waals surface area contributed by atoms with Crippen LogP contribution in [0.2, 0.25) is 0 Å². The first-order chi connectivity index (χ1) is 11.4. The van der Waals surface area contributed by atoms with Crippen LogP contribution in [0.5, 0.6) is 5.88 Å². The molecule has 1 fully saturated rings. The lowest BCUT2D eigenvalue weighted by Gasteiger charge is -2.41. The second-order valence-electron chi connectivity index (χ2n) is 6.48. The maximum Gasteiger partial charge on any atom is 0.329 e. The Labute approximate surface area is 142 Å². The molecule has 1 saturated carbocycles. The first-order valence-electron chi connectivity index (χ1n) is 8.55. The van der Waals surface area contributed by atoms with E-state index >= 15 is 0 Å². The molecule has 1 aliphatic rings. The molecule has 6 heteroatoms. The van der Waals surface area contributed by atoms with Gasteiger partial charge in [0.1, 0.15) is 5.54 Å². The molecule has 1 atom stereocenters. The summed E-state index contributed by atoms with van der Waals surface area (Å²) < 4.78 is 5.65. The van der Waals surface area contributed by atoms with Crippen LogP contribution < -0.4 is 4.74 Å². The Morgan fingerprint density at radius 3 is 2.62 bits per heavy atom. The van der Waals surface area contributed by atoms with E-state index in [1.54, 1.807) is 19.2 Å². The highest BCUT2D eigenvalue weighted by Gasteiger charge is 2.45. The lowest BCUT2D eigenvalue weighted by molar-refractivity contribution is -0.151. The van der Waals surface area contributed by atoms with E-state index in [1.165, 1.54) is 11.1 Å². The number of rotatable bonds is 6. The van der Waals surface area contributed by atoms with Crippen molar-refractivity contribution >= 4 is 11.9 Å². The van der Waals surface area contributed by atoms with E-state index < -0.39 is 11.5 Å². The van der Waals surface area contributed by atoms with Crippen LogP contribution in [0.25, 0.3) is 0 Å². The molecule has 1 amide bonds. The minimum absolute atomic E-state index is 0.00397. The van der Waals surface area contributed by atoms with Gasteiger partial charge in [-0.15, -0.1) is 0 Å². The summed E-state index contributed by atoms with van der Waals surface area (Å²) in [6.07, 6.45) is 6.00. The van der Waals surface area contributed by atoms with Crippen molar-refractivity contribution in [2.24, 2.45) is 0 Å². The summed E-state index contributed by atoms with van der Waals surface area (Å²) in [4.78, 5) is 30.2. The number of nitrogens with zero attached hydrogens (tertiary/aromatic N) is 2. The summed E-state index contributed by atoms with van der Waals surface area (Å²) >= 11 is 0. The molecule has 24 heavy (non-hydrogen) atoms. The molecule has 0 spiro atoms. The maximum absolute atomic E-state index is 12.8. The van der Waals surface area contributed by atoms with Crippen LogP contribution in [0.15, 0.2) is 18.3 Å². The minimum atomic E-state index is -1.11. The number of carboxylic acid groups (broad SMARTS) is 1. The Morgan fingerprint density at radius 1 is 1.38 bits per heavy atom. The topological polar surface area (TPSA) is 79.7 Å². The van der Waals surface area contributed by atoms with Gasteiger partial charge in [-0.25, -0.2) is 9.78 Å². The third kappa shape index (κ3) is 3.68. The van der Waals surface area contributed by atoms with Crippen LogP contribution in [0.4, 0.5) is 0 Å². The molecule has 1 aromatic heterocycles. The molecule has 0 aliphatic heterocycles. The largest absolute Gasteiger partial charge is 0.479 e. The average molecular weight is 334 g/mol. The summed E-state index contributed by atoms with van der Waals surface area (Å²) in [5, 5.41) is 9.73. The molecule has 132 valence electrons. The first-order valence-corrected chi connectivity index (χ1v) is 8.55. The molecule has 1 aromatic rings. The molecule has 1 N–H and O–H groups in total. The van der Waals surface area contributed by atoms with E-state index in [0.717, 1.165) is 25.7 Å². The molecule has 0 bridgehead atoms. The number of carbonyl (C=O) groups is 2. The smallest absolute Gasteiger partial charge is 0.329 e. The zero-order valence-corrected chi connectivity index (χ0v) is 14.6. The van der Waals surface area contributed by atoms with Gasteiger partial charge < -0.3 is 14.7 Å². The van der Waals surface area contributed by atoms with E-state index in [2.05, 4.69) is 4.98 Å². The van der Waals surface area contributed by atoms with Crippen LogP contribution >= 0.6 is 0 Å². The van der Waals surface area contributed by atoms with Gasteiger partial charge in [0.2, 0.25) is 5.88 Å². The van der Waals surface area contributed by atoms with E-state index in [4.69, 9.17) is 4.74 Å². The van der Waals surface area contributed by atoms with Crippen LogP contribution in [-0.4, -0.2) is 45.6 Å². The number of carboxylic acids is 1. The number of amides is 1. The second-order valence-corrected chi connectivity index (χ2v) is 6.48. The van der Waals surface area contributed by atoms with Crippen molar-refractivity contribution in [3.05, 3.63) is 23.9 Å². The Bertz CT molecular complexity index is 596. The third-order valence-electron chi connectivity index (χ3n) is 4.90. The Morgan fingerprint density at radius 2 is 2.04 bits per heavy atom. The van der Waals surface area contributed by atoms with Gasteiger partial charge in [0.15, 0.2) is 0 Å². The average Bonchev–Trinajstić information content (AvgIpc) is 2.61. The zero-order valence-electron chi connectivity index (χ0n) is 14.6. The molecule has 1 aliphatic carbocycles. The molecular weight excluding hydrogens is 308 g/mol. The highest BCUT2D eigenvalue weighted by atomic mass is 16.5. The van der Waals surface area contributed by atoms with Gasteiger partial charge in [0, 0.05) is 24.9 Å². The number of hydrogen-bond donors (Lipinski definition) is 1. The normalized spacial score (nSPS) is 17.8. The van der Waals surface area contributed by atoms with Crippen LogP contribution in [0, 0.1) is 0 Å². The second kappa shape index (κ2) is 7.64. The predicted octanol–water partition coefficient (Wildman–Crippen LogP) is 3.12. The predicted molar refractivity (Wildman–Crippen MR) is 90.2 cm³/mol. The molecule has 0 aromatic carbocycles. The van der Waals surface area contributed by atoms with Gasteiger partial charge in [-0.1, -0.05) is 26.2 Å². The molecule has 2 rings (SSSR count). The number of hydrogen-bond acceptors (Lipinski definition) is 4. The van der Waals surface area contributed by atoms with E-state index in [0.29, 0.717) is 24.3 Å². The van der Waals surface area contributed by atoms with Gasteiger partial charge in [-0.2, -0.15) is 0 Å². The standard InChI is InChI=1S/C18H26N2O4/c1-4-13(2)24-15-12-14(8-11-19-15)16(21)20(3)18(17(22)23)9-6-5-7-10-18/h8,11-13H,4-7,9-10H2,1-3H3,(H,22,23). The van der Waals surface area contributed by atoms with E-state index in [9.17, 15) is 14.7 Å². The quantitative estimate of drug-likeness (QED) is 0.864. The summed E-state index contributed by atoms with van der Waals surface area (Å²) in [5.41, 5.74) is -0.715. The maximum atomic E-state index is 12.8. The lowest BCUT2D eigenvalue weighted by atomic mass is 9.80. The first kappa shape index (κ1) is 18.2. The van der Waals surface area contributed by atoms with Crippen molar-refractivity contribution in [3.63, 3.8) is 0 Å². The van der Waals surface area contributed by atoms with Crippen molar-refractivity contribution in [2.75, 3.05) is 7.05 Å². The van der Waals surface area contributed by atoms with Gasteiger partial charge in [-0.3, -0.25) is 4.79 Å². The summed E-state index contributed by atoms with van der Waals surface area (Å²) in [7, 11) is 1.58. The number of likely N-dealkylation sites (N-methyl/N-ethyl adjacent to an activating group) is 1. The minimum Gasteiger partial charge on any atom is -0.479 e. The fraction of sp³-hybridized carbons (Fsp3) is 0.611. The Balaban J connectivity index is 2.23. The number of aromatic nitrogens is 1. The zero-order chi connectivity index (χ0) is 17.7. The molecular formula is C18H26N2O4. The summed E-state index contributed by atoms with van der Waals surface area (Å²) in [5.74, 6) is -0.851. The monoisotopic (exact) mass is 334 g/mol. The van der Waals surface area contributed by atoms with Crippen LogP contribution in [0.3, 0.4) is 0 Å². The number of aliphatic carboxylic acids is 1. The number of carbonyl (C=O) groups excluding carboxylic acids is 1. The van der Waals surface area contributed by atoms with Crippen LogP contribution in [-0.2, 0) is 4.79 Å². The number of ether oxygens (including phenoxy) is 1.